The van der Waals surface area contributed by atoms with Crippen LogP contribution in [0.2, 0.25) is 0 Å². The average molecular weight is 175 g/mol. The standard InChI is InChI=1S/C11H13NO/c1-9(2)7-10-3-5-11(6-4-10)13-8-12/h3-6,9H,7H2,1-2H3. The zero-order valence-electron chi connectivity index (χ0n) is 7.95. The van der Waals surface area contributed by atoms with Gasteiger partial charge < -0.3 is 4.74 Å². The van der Waals surface area contributed by atoms with E-state index < -0.39 is 0 Å². The Kier molecular flexibility index (Phi) is 3.33. The van der Waals surface area contributed by atoms with E-state index in [4.69, 9.17) is 5.26 Å². The first-order valence-corrected chi connectivity index (χ1v) is 4.37. The Hall–Kier alpha value is -1.49. The largest absolute Gasteiger partial charge is 0.388 e. The fourth-order valence-electron chi connectivity index (χ4n) is 1.22. The van der Waals surface area contributed by atoms with Crippen molar-refractivity contribution >= 4 is 0 Å². The molecule has 0 spiro atoms. The van der Waals surface area contributed by atoms with Crippen molar-refractivity contribution in [1.82, 2.24) is 0 Å². The molecule has 2 nitrogen and oxygen atoms in total. The summed E-state index contributed by atoms with van der Waals surface area (Å²) in [5.74, 6) is 1.26. The minimum atomic E-state index is 0.606. The van der Waals surface area contributed by atoms with Crippen LogP contribution in [0.3, 0.4) is 0 Å². The third kappa shape index (κ3) is 3.16. The van der Waals surface area contributed by atoms with Crippen LogP contribution in [0, 0.1) is 17.4 Å². The second-order valence-corrected chi connectivity index (χ2v) is 3.44. The third-order valence-electron chi connectivity index (χ3n) is 1.73. The lowest BCUT2D eigenvalue weighted by Gasteiger charge is -2.04. The second-order valence-electron chi connectivity index (χ2n) is 3.44. The summed E-state index contributed by atoms with van der Waals surface area (Å²) in [7, 11) is 0. The highest BCUT2D eigenvalue weighted by atomic mass is 16.5. The number of ether oxygens (including phenoxy) is 1. The van der Waals surface area contributed by atoms with E-state index >= 15 is 0 Å². The van der Waals surface area contributed by atoms with Gasteiger partial charge >= 0.3 is 0 Å². The molecular weight excluding hydrogens is 162 g/mol. The Morgan fingerprint density at radius 3 is 2.38 bits per heavy atom. The van der Waals surface area contributed by atoms with E-state index in [0.717, 1.165) is 6.42 Å². The highest BCUT2D eigenvalue weighted by Gasteiger charge is 1.98. The van der Waals surface area contributed by atoms with Crippen LogP contribution in [-0.4, -0.2) is 0 Å². The zero-order chi connectivity index (χ0) is 9.68. The molecule has 0 bridgehead atoms. The Morgan fingerprint density at radius 2 is 1.92 bits per heavy atom. The maximum atomic E-state index is 8.26. The topological polar surface area (TPSA) is 33.0 Å². The Bertz CT molecular complexity index is 295. The Labute approximate surface area is 78.8 Å². The van der Waals surface area contributed by atoms with Crippen molar-refractivity contribution in [1.29, 1.82) is 5.26 Å². The number of nitrogens with zero attached hydrogens (tertiary/aromatic N) is 1. The fourth-order valence-corrected chi connectivity index (χ4v) is 1.22. The maximum absolute atomic E-state index is 8.26. The number of nitriles is 1. The summed E-state index contributed by atoms with van der Waals surface area (Å²) in [6.07, 6.45) is 2.71. The molecule has 1 aromatic rings. The molecule has 0 aliphatic carbocycles. The van der Waals surface area contributed by atoms with Gasteiger partial charge in [0.2, 0.25) is 0 Å². The molecule has 2 heteroatoms. The summed E-state index contributed by atoms with van der Waals surface area (Å²) in [5.41, 5.74) is 1.28. The van der Waals surface area contributed by atoms with Crippen LogP contribution in [0.4, 0.5) is 0 Å². The quantitative estimate of drug-likeness (QED) is 0.662. The van der Waals surface area contributed by atoms with E-state index in [-0.39, 0.29) is 0 Å². The van der Waals surface area contributed by atoms with Crippen molar-refractivity contribution < 1.29 is 4.74 Å². The van der Waals surface area contributed by atoms with Gasteiger partial charge in [-0.3, -0.25) is 0 Å². The van der Waals surface area contributed by atoms with E-state index in [1.165, 1.54) is 5.56 Å². The molecule has 0 radical (unpaired) electrons. The lowest BCUT2D eigenvalue weighted by atomic mass is 10.0. The number of benzene rings is 1. The van der Waals surface area contributed by atoms with Gasteiger partial charge in [-0.1, -0.05) is 26.0 Å². The van der Waals surface area contributed by atoms with E-state index in [1.807, 2.05) is 24.3 Å². The molecule has 0 saturated heterocycles. The van der Waals surface area contributed by atoms with Gasteiger partial charge in [0.25, 0.3) is 6.26 Å². The molecule has 0 fully saturated rings. The molecule has 13 heavy (non-hydrogen) atoms. The minimum absolute atomic E-state index is 0.606. The van der Waals surface area contributed by atoms with Crippen LogP contribution in [0.1, 0.15) is 19.4 Å². The second kappa shape index (κ2) is 4.51. The van der Waals surface area contributed by atoms with Gasteiger partial charge in [-0.2, -0.15) is 0 Å². The lowest BCUT2D eigenvalue weighted by molar-refractivity contribution is 0.506. The van der Waals surface area contributed by atoms with Crippen LogP contribution in [0.5, 0.6) is 5.75 Å². The molecular formula is C11H13NO. The molecule has 1 aromatic carbocycles. The summed E-state index contributed by atoms with van der Waals surface area (Å²) in [6, 6.07) is 7.63. The molecule has 0 unspecified atom stereocenters. The molecule has 0 atom stereocenters. The van der Waals surface area contributed by atoms with Gasteiger partial charge in [-0.25, -0.2) is 0 Å². The van der Waals surface area contributed by atoms with Gasteiger partial charge in [-0.15, -0.1) is 5.26 Å². The van der Waals surface area contributed by atoms with Crippen molar-refractivity contribution in [3.05, 3.63) is 29.8 Å². The molecule has 0 aliphatic rings. The first-order valence-electron chi connectivity index (χ1n) is 4.37. The van der Waals surface area contributed by atoms with Crippen LogP contribution >= 0.6 is 0 Å². The number of rotatable bonds is 3. The van der Waals surface area contributed by atoms with Crippen LogP contribution < -0.4 is 4.74 Å². The van der Waals surface area contributed by atoms with Gasteiger partial charge in [-0.05, 0) is 30.0 Å². The van der Waals surface area contributed by atoms with E-state index in [0.29, 0.717) is 11.7 Å². The van der Waals surface area contributed by atoms with Crippen molar-refractivity contribution in [2.45, 2.75) is 20.3 Å². The first kappa shape index (κ1) is 9.60. The summed E-state index contributed by atoms with van der Waals surface area (Å²) in [6.45, 7) is 4.36. The predicted molar refractivity (Wildman–Crippen MR) is 51.2 cm³/mol. The summed E-state index contributed by atoms with van der Waals surface area (Å²) in [4.78, 5) is 0. The van der Waals surface area contributed by atoms with Crippen LogP contribution in [0.25, 0.3) is 0 Å². The van der Waals surface area contributed by atoms with Crippen LogP contribution in [-0.2, 0) is 6.42 Å². The maximum Gasteiger partial charge on any atom is 0.292 e. The zero-order valence-corrected chi connectivity index (χ0v) is 7.95. The Balaban J connectivity index is 2.65. The summed E-state index contributed by atoms with van der Waals surface area (Å²) >= 11 is 0. The molecule has 0 N–H and O–H groups in total. The minimum Gasteiger partial charge on any atom is -0.388 e. The van der Waals surface area contributed by atoms with E-state index in [1.54, 1.807) is 6.26 Å². The van der Waals surface area contributed by atoms with Gasteiger partial charge in [0.15, 0.2) is 0 Å². The molecule has 0 aromatic heterocycles. The molecule has 0 saturated carbocycles. The molecule has 1 rings (SSSR count). The number of hydrogen-bond acceptors (Lipinski definition) is 2. The smallest absolute Gasteiger partial charge is 0.292 e. The molecule has 0 heterocycles. The fraction of sp³-hybridized carbons (Fsp3) is 0.364. The highest BCUT2D eigenvalue weighted by Crippen LogP contribution is 2.14. The predicted octanol–water partition coefficient (Wildman–Crippen LogP) is 2.74. The van der Waals surface area contributed by atoms with Gasteiger partial charge in [0.05, 0.1) is 0 Å². The van der Waals surface area contributed by atoms with Crippen LogP contribution in [0.15, 0.2) is 24.3 Å². The molecule has 68 valence electrons. The third-order valence-corrected chi connectivity index (χ3v) is 1.73. The van der Waals surface area contributed by atoms with E-state index in [2.05, 4.69) is 18.6 Å². The first-order chi connectivity index (χ1) is 6.22. The SMILES string of the molecule is CC(C)Cc1ccc(OC#N)cc1. The monoisotopic (exact) mass is 175 g/mol. The average Bonchev–Trinajstić information content (AvgIpc) is 2.08. The lowest BCUT2D eigenvalue weighted by Crippen LogP contribution is -1.93. The van der Waals surface area contributed by atoms with Crippen molar-refractivity contribution in [3.8, 4) is 12.0 Å². The van der Waals surface area contributed by atoms with Crippen molar-refractivity contribution in [2.24, 2.45) is 5.92 Å². The van der Waals surface area contributed by atoms with Gasteiger partial charge in [0.1, 0.15) is 5.75 Å². The molecule has 0 amide bonds. The Morgan fingerprint density at radius 1 is 1.31 bits per heavy atom. The summed E-state index contributed by atoms with van der Waals surface area (Å²) in [5, 5.41) is 8.26. The van der Waals surface area contributed by atoms with E-state index in [9.17, 15) is 0 Å². The van der Waals surface area contributed by atoms with Crippen molar-refractivity contribution in [2.75, 3.05) is 0 Å². The molecule has 0 aliphatic heterocycles. The normalized spacial score (nSPS) is 9.69. The van der Waals surface area contributed by atoms with Crippen molar-refractivity contribution in [3.63, 3.8) is 0 Å². The summed E-state index contributed by atoms with van der Waals surface area (Å²) < 4.78 is 4.67. The number of hydrogen-bond donors (Lipinski definition) is 0. The highest BCUT2D eigenvalue weighted by molar-refractivity contribution is 5.28. The van der Waals surface area contributed by atoms with Gasteiger partial charge in [0, 0.05) is 0 Å².